The monoisotopic (exact) mass is 321 g/mol. The Kier molecular flexibility index (Phi) is 4.32. The molecular weight excluding hydrogens is 305 g/mol. The van der Waals surface area contributed by atoms with Gasteiger partial charge in [-0.05, 0) is 37.5 Å². The van der Waals surface area contributed by atoms with Gasteiger partial charge in [0.15, 0.2) is 0 Å². The first-order chi connectivity index (χ1) is 10.2. The van der Waals surface area contributed by atoms with Crippen molar-refractivity contribution in [1.29, 1.82) is 0 Å². The topological polar surface area (TPSA) is 37.8 Å². The standard InChI is InChI=1S/C16H17Cl2N3/c1-2-19-15-9-14(11-4-5-11)20-16(21-15)8-10-3-6-12(17)13(18)7-10/h3,6-7,9,11H,2,4-5,8H2,1H3,(H,19,20,21). The van der Waals surface area contributed by atoms with E-state index in [0.29, 0.717) is 22.4 Å². The van der Waals surface area contributed by atoms with Crippen LogP contribution in [-0.2, 0) is 6.42 Å². The minimum atomic E-state index is 0.569. The van der Waals surface area contributed by atoms with Crippen molar-refractivity contribution in [2.75, 3.05) is 11.9 Å². The predicted molar refractivity (Wildman–Crippen MR) is 87.4 cm³/mol. The Labute approximate surface area is 134 Å². The number of benzene rings is 1. The minimum Gasteiger partial charge on any atom is -0.370 e. The van der Waals surface area contributed by atoms with Crippen molar-refractivity contribution in [2.24, 2.45) is 0 Å². The van der Waals surface area contributed by atoms with E-state index < -0.39 is 0 Å². The molecule has 110 valence electrons. The first kappa shape index (κ1) is 14.6. The van der Waals surface area contributed by atoms with Gasteiger partial charge in [0.05, 0.1) is 10.0 Å². The van der Waals surface area contributed by atoms with Crippen LogP contribution in [0.25, 0.3) is 0 Å². The quantitative estimate of drug-likeness (QED) is 0.868. The van der Waals surface area contributed by atoms with Crippen molar-refractivity contribution in [2.45, 2.75) is 32.1 Å². The molecule has 0 amide bonds. The Balaban J connectivity index is 1.87. The normalized spacial score (nSPS) is 14.2. The molecule has 1 aromatic carbocycles. The smallest absolute Gasteiger partial charge is 0.135 e. The average Bonchev–Trinajstić information content (AvgIpc) is 3.28. The molecule has 3 rings (SSSR count). The number of halogens is 2. The molecule has 5 heteroatoms. The summed E-state index contributed by atoms with van der Waals surface area (Å²) < 4.78 is 0. The van der Waals surface area contributed by atoms with Crippen LogP contribution in [-0.4, -0.2) is 16.5 Å². The van der Waals surface area contributed by atoms with E-state index >= 15 is 0 Å². The third-order valence-corrected chi connectivity index (χ3v) is 4.23. The molecule has 1 aliphatic carbocycles. The molecule has 0 spiro atoms. The highest BCUT2D eigenvalue weighted by Crippen LogP contribution is 2.39. The molecule has 21 heavy (non-hydrogen) atoms. The summed E-state index contributed by atoms with van der Waals surface area (Å²) in [6.07, 6.45) is 3.12. The van der Waals surface area contributed by atoms with E-state index in [1.165, 1.54) is 12.8 Å². The number of aromatic nitrogens is 2. The second-order valence-electron chi connectivity index (χ2n) is 5.32. The third-order valence-electron chi connectivity index (χ3n) is 3.49. The van der Waals surface area contributed by atoms with Crippen molar-refractivity contribution in [3.05, 3.63) is 51.4 Å². The third kappa shape index (κ3) is 3.66. The Hall–Kier alpha value is -1.32. The highest BCUT2D eigenvalue weighted by molar-refractivity contribution is 6.42. The van der Waals surface area contributed by atoms with Gasteiger partial charge in [-0.15, -0.1) is 0 Å². The number of nitrogens with zero attached hydrogens (tertiary/aromatic N) is 2. The fraction of sp³-hybridized carbons (Fsp3) is 0.375. The maximum Gasteiger partial charge on any atom is 0.135 e. The SMILES string of the molecule is CCNc1cc(C2CC2)nc(Cc2ccc(Cl)c(Cl)c2)n1. The molecule has 0 radical (unpaired) electrons. The van der Waals surface area contributed by atoms with Crippen LogP contribution in [0.4, 0.5) is 5.82 Å². The van der Waals surface area contributed by atoms with Gasteiger partial charge in [0.25, 0.3) is 0 Å². The minimum absolute atomic E-state index is 0.569. The zero-order chi connectivity index (χ0) is 14.8. The van der Waals surface area contributed by atoms with Gasteiger partial charge < -0.3 is 5.32 Å². The molecular formula is C16H17Cl2N3. The van der Waals surface area contributed by atoms with E-state index in [1.807, 2.05) is 18.2 Å². The number of rotatable bonds is 5. The van der Waals surface area contributed by atoms with Gasteiger partial charge in [0, 0.05) is 30.6 Å². The van der Waals surface area contributed by atoms with E-state index in [4.69, 9.17) is 28.2 Å². The lowest BCUT2D eigenvalue weighted by Crippen LogP contribution is -2.06. The van der Waals surface area contributed by atoms with Crippen molar-refractivity contribution in [3.63, 3.8) is 0 Å². The summed E-state index contributed by atoms with van der Waals surface area (Å²) in [5, 5.41) is 4.42. The van der Waals surface area contributed by atoms with E-state index in [1.54, 1.807) is 0 Å². The van der Waals surface area contributed by atoms with Gasteiger partial charge in [-0.25, -0.2) is 9.97 Å². The Morgan fingerprint density at radius 2 is 1.95 bits per heavy atom. The lowest BCUT2D eigenvalue weighted by molar-refractivity contribution is 0.898. The number of nitrogens with one attached hydrogen (secondary N) is 1. The molecule has 0 aliphatic heterocycles. The highest BCUT2D eigenvalue weighted by Gasteiger charge is 2.26. The number of hydrogen-bond donors (Lipinski definition) is 1. The molecule has 1 aliphatic rings. The van der Waals surface area contributed by atoms with Crippen LogP contribution in [0.15, 0.2) is 24.3 Å². The van der Waals surface area contributed by atoms with E-state index in [0.717, 1.165) is 29.4 Å². The predicted octanol–water partition coefficient (Wildman–Crippen LogP) is 4.68. The molecule has 2 aromatic rings. The molecule has 0 saturated heterocycles. The van der Waals surface area contributed by atoms with Gasteiger partial charge in [0.1, 0.15) is 11.6 Å². The zero-order valence-electron chi connectivity index (χ0n) is 11.9. The summed E-state index contributed by atoms with van der Waals surface area (Å²) in [6, 6.07) is 7.73. The average molecular weight is 322 g/mol. The second kappa shape index (κ2) is 6.20. The summed E-state index contributed by atoms with van der Waals surface area (Å²) in [5.41, 5.74) is 2.22. The van der Waals surface area contributed by atoms with Crippen LogP contribution in [0.2, 0.25) is 10.0 Å². The first-order valence-corrected chi connectivity index (χ1v) is 7.97. The van der Waals surface area contributed by atoms with E-state index in [-0.39, 0.29) is 0 Å². The molecule has 1 N–H and O–H groups in total. The maximum absolute atomic E-state index is 6.07. The van der Waals surface area contributed by atoms with Gasteiger partial charge in [-0.2, -0.15) is 0 Å². The fourth-order valence-electron chi connectivity index (χ4n) is 2.29. The van der Waals surface area contributed by atoms with Crippen molar-refractivity contribution >= 4 is 29.0 Å². The summed E-state index contributed by atoms with van der Waals surface area (Å²) in [4.78, 5) is 9.28. The van der Waals surface area contributed by atoms with Crippen LogP contribution in [0.1, 0.15) is 42.8 Å². The molecule has 1 fully saturated rings. The largest absolute Gasteiger partial charge is 0.370 e. The molecule has 3 nitrogen and oxygen atoms in total. The lowest BCUT2D eigenvalue weighted by atomic mass is 10.1. The Bertz CT molecular complexity index is 654. The molecule has 0 unspecified atom stereocenters. The summed E-state index contributed by atoms with van der Waals surface area (Å²) in [6.45, 7) is 2.92. The van der Waals surface area contributed by atoms with Gasteiger partial charge in [-0.1, -0.05) is 29.3 Å². The van der Waals surface area contributed by atoms with E-state index in [2.05, 4.69) is 23.3 Å². The molecule has 0 atom stereocenters. The van der Waals surface area contributed by atoms with Gasteiger partial charge >= 0.3 is 0 Å². The first-order valence-electron chi connectivity index (χ1n) is 7.21. The number of hydrogen-bond acceptors (Lipinski definition) is 3. The van der Waals surface area contributed by atoms with Gasteiger partial charge in [-0.3, -0.25) is 0 Å². The maximum atomic E-state index is 6.07. The molecule has 1 heterocycles. The summed E-state index contributed by atoms with van der Waals surface area (Å²) >= 11 is 12.0. The summed E-state index contributed by atoms with van der Waals surface area (Å²) in [7, 11) is 0. The van der Waals surface area contributed by atoms with Crippen molar-refractivity contribution in [1.82, 2.24) is 9.97 Å². The molecule has 1 aromatic heterocycles. The lowest BCUT2D eigenvalue weighted by Gasteiger charge is -2.09. The highest BCUT2D eigenvalue weighted by atomic mass is 35.5. The molecule has 1 saturated carbocycles. The Morgan fingerprint density at radius 1 is 1.14 bits per heavy atom. The number of anilines is 1. The zero-order valence-corrected chi connectivity index (χ0v) is 13.4. The van der Waals surface area contributed by atoms with Crippen LogP contribution >= 0.6 is 23.2 Å². The van der Waals surface area contributed by atoms with Gasteiger partial charge in [0.2, 0.25) is 0 Å². The molecule has 0 bridgehead atoms. The second-order valence-corrected chi connectivity index (χ2v) is 6.14. The van der Waals surface area contributed by atoms with Crippen molar-refractivity contribution < 1.29 is 0 Å². The van der Waals surface area contributed by atoms with Crippen LogP contribution in [0.5, 0.6) is 0 Å². The summed E-state index contributed by atoms with van der Waals surface area (Å²) in [5.74, 6) is 2.34. The van der Waals surface area contributed by atoms with Crippen LogP contribution in [0.3, 0.4) is 0 Å². The van der Waals surface area contributed by atoms with Crippen LogP contribution < -0.4 is 5.32 Å². The fourth-order valence-corrected chi connectivity index (χ4v) is 2.61. The van der Waals surface area contributed by atoms with Crippen LogP contribution in [0, 0.1) is 0 Å². The Morgan fingerprint density at radius 3 is 2.62 bits per heavy atom. The van der Waals surface area contributed by atoms with E-state index in [9.17, 15) is 0 Å². The van der Waals surface area contributed by atoms with Crippen molar-refractivity contribution in [3.8, 4) is 0 Å².